The van der Waals surface area contributed by atoms with Crippen LogP contribution in [0.25, 0.3) is 0 Å². The number of aryl methyl sites for hydroxylation is 1. The second-order valence-electron chi connectivity index (χ2n) is 3.63. The predicted molar refractivity (Wildman–Crippen MR) is 73.1 cm³/mol. The second-order valence-corrected chi connectivity index (χ2v) is 7.74. The zero-order valence-electron chi connectivity index (χ0n) is 9.71. The molecular formula is C10H13N3O2S3. The average molecular weight is 303 g/mol. The van der Waals surface area contributed by atoms with Crippen LogP contribution in [0.4, 0.5) is 0 Å². The van der Waals surface area contributed by atoms with Gasteiger partial charge in [-0.15, -0.1) is 22.7 Å². The molecule has 0 saturated carbocycles. The lowest BCUT2D eigenvalue weighted by Crippen LogP contribution is -2.22. The number of rotatable bonds is 5. The third kappa shape index (κ3) is 3.15. The summed E-state index contributed by atoms with van der Waals surface area (Å²) in [5.41, 5.74) is 6.36. The summed E-state index contributed by atoms with van der Waals surface area (Å²) in [4.78, 5) is 5.05. The van der Waals surface area contributed by atoms with Crippen LogP contribution >= 0.6 is 22.7 Å². The van der Waals surface area contributed by atoms with E-state index in [4.69, 9.17) is 5.73 Å². The van der Waals surface area contributed by atoms with E-state index in [-0.39, 0.29) is 10.8 Å². The van der Waals surface area contributed by atoms with Gasteiger partial charge in [-0.1, -0.05) is 0 Å². The standard InChI is InChI=1S/C10H13N3O2S3/c1-7-6-16-9(13-7)5-12-18(14,15)10-3-2-8(4-11)17-10/h2-3,6,12H,4-5,11H2,1H3. The van der Waals surface area contributed by atoms with Crippen molar-refractivity contribution in [3.05, 3.63) is 33.1 Å². The highest BCUT2D eigenvalue weighted by molar-refractivity contribution is 7.91. The number of nitrogens with one attached hydrogen (secondary N) is 1. The number of nitrogens with zero attached hydrogens (tertiary/aromatic N) is 1. The minimum absolute atomic E-state index is 0.219. The molecule has 0 aromatic carbocycles. The van der Waals surface area contributed by atoms with Gasteiger partial charge in [0.05, 0.1) is 6.54 Å². The molecule has 2 heterocycles. The number of thiophene rings is 1. The summed E-state index contributed by atoms with van der Waals surface area (Å²) in [6, 6.07) is 3.30. The van der Waals surface area contributed by atoms with Crippen molar-refractivity contribution < 1.29 is 8.42 Å². The average Bonchev–Trinajstić information content (AvgIpc) is 2.95. The van der Waals surface area contributed by atoms with Crippen LogP contribution in [0.15, 0.2) is 21.7 Å². The first-order chi connectivity index (χ1) is 8.51. The number of hydrogen-bond acceptors (Lipinski definition) is 6. The summed E-state index contributed by atoms with van der Waals surface area (Å²) in [5.74, 6) is 0. The lowest BCUT2D eigenvalue weighted by Gasteiger charge is -2.01. The molecule has 0 aliphatic rings. The molecule has 0 saturated heterocycles. The lowest BCUT2D eigenvalue weighted by molar-refractivity contribution is 0.583. The molecule has 0 fully saturated rings. The van der Waals surface area contributed by atoms with Crippen molar-refractivity contribution in [3.8, 4) is 0 Å². The SMILES string of the molecule is Cc1csc(CNS(=O)(=O)c2ccc(CN)s2)n1. The zero-order valence-corrected chi connectivity index (χ0v) is 12.2. The maximum atomic E-state index is 12.0. The molecule has 2 rings (SSSR count). The van der Waals surface area contributed by atoms with E-state index < -0.39 is 10.0 Å². The van der Waals surface area contributed by atoms with Crippen LogP contribution in [0.5, 0.6) is 0 Å². The summed E-state index contributed by atoms with van der Waals surface area (Å²) >= 11 is 2.63. The Morgan fingerprint density at radius 2 is 2.22 bits per heavy atom. The quantitative estimate of drug-likeness (QED) is 0.875. The fourth-order valence-electron chi connectivity index (χ4n) is 1.32. The molecule has 0 spiro atoms. The lowest BCUT2D eigenvalue weighted by atomic mass is 10.5. The van der Waals surface area contributed by atoms with Crippen molar-refractivity contribution in [1.29, 1.82) is 0 Å². The van der Waals surface area contributed by atoms with Gasteiger partial charge in [0, 0.05) is 22.5 Å². The van der Waals surface area contributed by atoms with E-state index in [1.807, 2.05) is 12.3 Å². The van der Waals surface area contributed by atoms with Crippen molar-refractivity contribution in [2.75, 3.05) is 0 Å². The van der Waals surface area contributed by atoms with Gasteiger partial charge in [0.1, 0.15) is 9.22 Å². The Kier molecular flexibility index (Phi) is 4.13. The van der Waals surface area contributed by atoms with E-state index >= 15 is 0 Å². The normalized spacial score (nSPS) is 11.9. The van der Waals surface area contributed by atoms with Crippen molar-refractivity contribution in [3.63, 3.8) is 0 Å². The van der Waals surface area contributed by atoms with Crippen molar-refractivity contribution >= 4 is 32.7 Å². The highest BCUT2D eigenvalue weighted by Crippen LogP contribution is 2.21. The molecule has 0 aliphatic heterocycles. The van der Waals surface area contributed by atoms with Gasteiger partial charge in [0.2, 0.25) is 10.0 Å². The van der Waals surface area contributed by atoms with Crippen LogP contribution in [0.1, 0.15) is 15.6 Å². The van der Waals surface area contributed by atoms with Gasteiger partial charge < -0.3 is 5.73 Å². The number of sulfonamides is 1. The summed E-state index contributed by atoms with van der Waals surface area (Å²) in [6.45, 7) is 2.45. The summed E-state index contributed by atoms with van der Waals surface area (Å²) in [5, 5.41) is 2.65. The highest BCUT2D eigenvalue weighted by atomic mass is 32.2. The van der Waals surface area contributed by atoms with E-state index in [1.165, 1.54) is 22.7 Å². The Morgan fingerprint density at radius 1 is 1.44 bits per heavy atom. The fraction of sp³-hybridized carbons (Fsp3) is 0.300. The molecule has 0 radical (unpaired) electrons. The van der Waals surface area contributed by atoms with E-state index in [0.29, 0.717) is 6.54 Å². The third-order valence-electron chi connectivity index (χ3n) is 2.18. The van der Waals surface area contributed by atoms with Gasteiger partial charge in [0.25, 0.3) is 0 Å². The van der Waals surface area contributed by atoms with E-state index in [1.54, 1.807) is 12.1 Å². The first kappa shape index (κ1) is 13.6. The molecule has 0 unspecified atom stereocenters. The van der Waals surface area contributed by atoms with Crippen molar-refractivity contribution in [1.82, 2.24) is 9.71 Å². The molecule has 2 aromatic rings. The summed E-state index contributed by atoms with van der Waals surface area (Å²) < 4.78 is 26.8. The zero-order chi connectivity index (χ0) is 13.2. The smallest absolute Gasteiger partial charge is 0.250 e. The predicted octanol–water partition coefficient (Wildman–Crippen LogP) is 1.45. The van der Waals surface area contributed by atoms with Gasteiger partial charge in [-0.3, -0.25) is 0 Å². The molecule has 98 valence electrons. The maximum Gasteiger partial charge on any atom is 0.250 e. The highest BCUT2D eigenvalue weighted by Gasteiger charge is 2.16. The van der Waals surface area contributed by atoms with Gasteiger partial charge in [-0.25, -0.2) is 18.1 Å². The van der Waals surface area contributed by atoms with Gasteiger partial charge in [-0.2, -0.15) is 0 Å². The van der Waals surface area contributed by atoms with Crippen LogP contribution in [-0.4, -0.2) is 13.4 Å². The van der Waals surface area contributed by atoms with Gasteiger partial charge in [-0.05, 0) is 19.1 Å². The molecule has 8 heteroatoms. The first-order valence-electron chi connectivity index (χ1n) is 5.21. The van der Waals surface area contributed by atoms with E-state index in [2.05, 4.69) is 9.71 Å². The molecule has 18 heavy (non-hydrogen) atoms. The van der Waals surface area contributed by atoms with Crippen LogP contribution in [0.3, 0.4) is 0 Å². The molecule has 0 aliphatic carbocycles. The molecule has 0 bridgehead atoms. The minimum atomic E-state index is -3.46. The molecule has 0 atom stereocenters. The largest absolute Gasteiger partial charge is 0.326 e. The van der Waals surface area contributed by atoms with Crippen molar-refractivity contribution in [2.45, 2.75) is 24.2 Å². The molecule has 3 N–H and O–H groups in total. The summed E-state index contributed by atoms with van der Waals surface area (Å²) in [7, 11) is -3.46. The van der Waals surface area contributed by atoms with Gasteiger partial charge in [0.15, 0.2) is 0 Å². The fourth-order valence-corrected chi connectivity index (χ4v) is 4.39. The van der Waals surface area contributed by atoms with E-state index in [0.717, 1.165) is 15.6 Å². The van der Waals surface area contributed by atoms with Crippen LogP contribution < -0.4 is 10.5 Å². The van der Waals surface area contributed by atoms with Crippen LogP contribution in [0, 0.1) is 6.92 Å². The second kappa shape index (κ2) is 5.45. The molecule has 0 amide bonds. The summed E-state index contributed by atoms with van der Waals surface area (Å²) in [6.07, 6.45) is 0. The molecule has 2 aromatic heterocycles. The number of thiazole rings is 1. The van der Waals surface area contributed by atoms with Gasteiger partial charge >= 0.3 is 0 Å². The Bertz CT molecular complexity index is 630. The monoisotopic (exact) mass is 303 g/mol. The number of aromatic nitrogens is 1. The molecular weight excluding hydrogens is 290 g/mol. The number of nitrogens with two attached hydrogens (primary N) is 1. The minimum Gasteiger partial charge on any atom is -0.326 e. The third-order valence-corrected chi connectivity index (χ3v) is 6.15. The van der Waals surface area contributed by atoms with Crippen LogP contribution in [0.2, 0.25) is 0 Å². The van der Waals surface area contributed by atoms with Crippen LogP contribution in [-0.2, 0) is 23.1 Å². The Hall–Kier alpha value is -0.800. The maximum absolute atomic E-state index is 12.0. The number of hydrogen-bond donors (Lipinski definition) is 2. The Labute approximate surface area is 114 Å². The van der Waals surface area contributed by atoms with E-state index in [9.17, 15) is 8.42 Å². The Balaban J connectivity index is 2.07. The first-order valence-corrected chi connectivity index (χ1v) is 8.38. The Morgan fingerprint density at radius 3 is 2.78 bits per heavy atom. The van der Waals surface area contributed by atoms with Crippen molar-refractivity contribution in [2.24, 2.45) is 5.73 Å². The topological polar surface area (TPSA) is 85.1 Å². The molecule has 5 nitrogen and oxygen atoms in total.